The minimum absolute atomic E-state index is 0.0118. The van der Waals surface area contributed by atoms with Gasteiger partial charge in [0, 0.05) is 13.1 Å². The third kappa shape index (κ3) is 4.92. The molecule has 0 radical (unpaired) electrons. The average molecular weight is 346 g/mol. The molecule has 0 aliphatic carbocycles. The zero-order chi connectivity index (χ0) is 17.6. The lowest BCUT2D eigenvalue weighted by Crippen LogP contribution is -2.28. The zero-order valence-electron chi connectivity index (χ0n) is 13.4. The van der Waals surface area contributed by atoms with Gasteiger partial charge in [0.15, 0.2) is 0 Å². The van der Waals surface area contributed by atoms with Gasteiger partial charge in [0.25, 0.3) is 10.0 Å². The highest BCUT2D eigenvalue weighted by molar-refractivity contribution is 7.90. The summed E-state index contributed by atoms with van der Waals surface area (Å²) in [6.07, 6.45) is 1.67. The largest absolute Gasteiger partial charge is 0.494 e. The lowest BCUT2D eigenvalue weighted by Gasteiger charge is -2.04. The Bertz CT molecular complexity index is 826. The molecule has 0 heterocycles. The number of rotatable bonds is 6. The summed E-state index contributed by atoms with van der Waals surface area (Å²) in [5, 5.41) is 0. The van der Waals surface area contributed by atoms with Crippen molar-refractivity contribution in [3.63, 3.8) is 0 Å². The molecule has 1 N–H and O–H groups in total. The molecule has 0 saturated carbocycles. The predicted molar refractivity (Wildman–Crippen MR) is 92.3 cm³/mol. The molecular weight excluding hydrogens is 328 g/mol. The number of benzene rings is 2. The number of amides is 1. The molecule has 0 spiro atoms. The van der Waals surface area contributed by atoms with Gasteiger partial charge in [-0.25, -0.2) is 13.1 Å². The van der Waals surface area contributed by atoms with Crippen molar-refractivity contribution in [2.75, 3.05) is 6.61 Å². The molecule has 0 aliphatic rings. The Kier molecular flexibility index (Phi) is 5.70. The maximum absolute atomic E-state index is 11.8. The third-order valence-electron chi connectivity index (χ3n) is 2.98. The van der Waals surface area contributed by atoms with Gasteiger partial charge in [-0.2, -0.15) is 0 Å². The lowest BCUT2D eigenvalue weighted by molar-refractivity contribution is -0.117. The van der Waals surface area contributed by atoms with Crippen LogP contribution in [0.5, 0.6) is 5.75 Å². The average Bonchev–Trinajstić information content (AvgIpc) is 2.54. The van der Waals surface area contributed by atoms with E-state index >= 15 is 0 Å². The Morgan fingerprint density at radius 3 is 2.29 bits per heavy atom. The van der Waals surface area contributed by atoms with E-state index in [0.29, 0.717) is 12.3 Å². The lowest BCUT2D eigenvalue weighted by atomic mass is 10.2. The first kappa shape index (κ1) is 17.7. The summed E-state index contributed by atoms with van der Waals surface area (Å²) >= 11 is 0. The molecular formula is C17H18N2O4S. The van der Waals surface area contributed by atoms with Gasteiger partial charge in [-0.05, 0) is 61.0 Å². The van der Waals surface area contributed by atoms with E-state index in [4.69, 9.17) is 4.74 Å². The van der Waals surface area contributed by atoms with Gasteiger partial charge in [-0.1, -0.05) is 0 Å². The molecule has 0 fully saturated rings. The van der Waals surface area contributed by atoms with E-state index in [0.717, 1.165) is 18.2 Å². The molecule has 2 aromatic carbocycles. The summed E-state index contributed by atoms with van der Waals surface area (Å²) in [5.41, 5.74) is 1.50. The summed E-state index contributed by atoms with van der Waals surface area (Å²) in [6.45, 7) is 3.68. The SMILES string of the molecule is CCOc1ccc(C=Nc2ccc(S(=O)(=O)NC(C)=O)cc2)cc1. The second-order valence-corrected chi connectivity index (χ2v) is 6.60. The van der Waals surface area contributed by atoms with Crippen molar-refractivity contribution >= 4 is 27.8 Å². The van der Waals surface area contributed by atoms with Gasteiger partial charge < -0.3 is 4.74 Å². The van der Waals surface area contributed by atoms with E-state index in [-0.39, 0.29) is 4.90 Å². The van der Waals surface area contributed by atoms with Gasteiger partial charge in [0.05, 0.1) is 17.2 Å². The van der Waals surface area contributed by atoms with Crippen LogP contribution in [0, 0.1) is 0 Å². The minimum atomic E-state index is -3.82. The van der Waals surface area contributed by atoms with Crippen LogP contribution in [0.4, 0.5) is 5.69 Å². The number of hydrogen-bond donors (Lipinski definition) is 1. The van der Waals surface area contributed by atoms with Gasteiger partial charge in [0.2, 0.25) is 5.91 Å². The molecule has 0 aliphatic heterocycles. The molecule has 24 heavy (non-hydrogen) atoms. The smallest absolute Gasteiger partial charge is 0.264 e. The zero-order valence-corrected chi connectivity index (χ0v) is 14.2. The van der Waals surface area contributed by atoms with Gasteiger partial charge in [-0.3, -0.25) is 9.79 Å². The molecule has 0 aromatic heterocycles. The quantitative estimate of drug-likeness (QED) is 0.815. The third-order valence-corrected chi connectivity index (χ3v) is 4.43. The summed E-state index contributed by atoms with van der Waals surface area (Å²) in [4.78, 5) is 15.2. The number of ether oxygens (including phenoxy) is 1. The standard InChI is InChI=1S/C17H18N2O4S/c1-3-23-16-8-4-14(5-9-16)12-18-15-6-10-17(11-7-15)24(21,22)19-13(2)20/h4-12H,3H2,1-2H3,(H,19,20). The first-order valence-corrected chi connectivity index (χ1v) is 8.79. The monoisotopic (exact) mass is 346 g/mol. The van der Waals surface area contributed by atoms with Gasteiger partial charge >= 0.3 is 0 Å². The second-order valence-electron chi connectivity index (χ2n) is 4.92. The fraction of sp³-hybridized carbons (Fsp3) is 0.176. The summed E-state index contributed by atoms with van der Waals surface area (Å²) in [7, 11) is -3.82. The summed E-state index contributed by atoms with van der Waals surface area (Å²) in [6, 6.07) is 13.4. The highest BCUT2D eigenvalue weighted by Gasteiger charge is 2.14. The highest BCUT2D eigenvalue weighted by Crippen LogP contribution is 2.17. The Morgan fingerprint density at radius 2 is 1.75 bits per heavy atom. The van der Waals surface area contributed by atoms with Crippen LogP contribution in [-0.2, 0) is 14.8 Å². The van der Waals surface area contributed by atoms with Crippen molar-refractivity contribution in [1.29, 1.82) is 0 Å². The maximum Gasteiger partial charge on any atom is 0.264 e. The van der Waals surface area contributed by atoms with Crippen molar-refractivity contribution in [1.82, 2.24) is 4.72 Å². The number of sulfonamides is 1. The van der Waals surface area contributed by atoms with Gasteiger partial charge in [-0.15, -0.1) is 0 Å². The number of carbonyl (C=O) groups is 1. The highest BCUT2D eigenvalue weighted by atomic mass is 32.2. The van der Waals surface area contributed by atoms with Crippen LogP contribution < -0.4 is 9.46 Å². The van der Waals surface area contributed by atoms with Crippen molar-refractivity contribution in [2.24, 2.45) is 4.99 Å². The fourth-order valence-electron chi connectivity index (χ4n) is 1.93. The molecule has 0 bridgehead atoms. The second kappa shape index (κ2) is 7.74. The van der Waals surface area contributed by atoms with Crippen LogP contribution in [0.1, 0.15) is 19.4 Å². The van der Waals surface area contributed by atoms with Crippen molar-refractivity contribution < 1.29 is 17.9 Å². The van der Waals surface area contributed by atoms with Crippen LogP contribution in [-0.4, -0.2) is 27.1 Å². The topological polar surface area (TPSA) is 84.8 Å². The van der Waals surface area contributed by atoms with E-state index in [1.54, 1.807) is 18.3 Å². The minimum Gasteiger partial charge on any atom is -0.494 e. The van der Waals surface area contributed by atoms with Crippen LogP contribution in [0.25, 0.3) is 0 Å². The Morgan fingerprint density at radius 1 is 1.12 bits per heavy atom. The number of nitrogens with zero attached hydrogens (tertiary/aromatic N) is 1. The van der Waals surface area contributed by atoms with Crippen LogP contribution in [0.3, 0.4) is 0 Å². The summed E-state index contributed by atoms with van der Waals surface area (Å²) < 4.78 is 30.9. The van der Waals surface area contributed by atoms with Crippen LogP contribution in [0.15, 0.2) is 58.4 Å². The summed E-state index contributed by atoms with van der Waals surface area (Å²) in [5.74, 6) is 0.162. The Balaban J connectivity index is 2.09. The molecule has 1 amide bonds. The number of hydrogen-bond acceptors (Lipinski definition) is 5. The van der Waals surface area contributed by atoms with Gasteiger partial charge in [0.1, 0.15) is 5.75 Å². The molecule has 2 aromatic rings. The normalized spacial score (nSPS) is 11.4. The molecule has 0 atom stereocenters. The number of aliphatic imine (C=N–C) groups is 1. The van der Waals surface area contributed by atoms with Crippen molar-refractivity contribution in [3.8, 4) is 5.75 Å². The van der Waals surface area contributed by atoms with E-state index in [2.05, 4.69) is 4.99 Å². The first-order valence-electron chi connectivity index (χ1n) is 7.31. The van der Waals surface area contributed by atoms with Crippen molar-refractivity contribution in [2.45, 2.75) is 18.7 Å². The maximum atomic E-state index is 11.8. The van der Waals surface area contributed by atoms with Crippen LogP contribution in [0.2, 0.25) is 0 Å². The number of carbonyl (C=O) groups excluding carboxylic acids is 1. The molecule has 126 valence electrons. The molecule has 0 unspecified atom stereocenters. The van der Waals surface area contributed by atoms with E-state index in [1.165, 1.54) is 12.1 Å². The van der Waals surface area contributed by atoms with E-state index in [1.807, 2.05) is 35.9 Å². The van der Waals surface area contributed by atoms with Crippen LogP contribution >= 0.6 is 0 Å². The van der Waals surface area contributed by atoms with Crippen molar-refractivity contribution in [3.05, 3.63) is 54.1 Å². The van der Waals surface area contributed by atoms with E-state index < -0.39 is 15.9 Å². The fourth-order valence-corrected chi connectivity index (χ4v) is 2.92. The molecule has 7 heteroatoms. The molecule has 0 saturated heterocycles. The Hall–Kier alpha value is -2.67. The first-order chi connectivity index (χ1) is 11.4. The molecule has 2 rings (SSSR count). The predicted octanol–water partition coefficient (Wildman–Crippen LogP) is 2.66. The van der Waals surface area contributed by atoms with E-state index in [9.17, 15) is 13.2 Å². The molecule has 6 nitrogen and oxygen atoms in total. The Labute approximate surface area is 141 Å². The number of nitrogens with one attached hydrogen (secondary N) is 1.